The highest BCUT2D eigenvalue weighted by Gasteiger charge is 2.23. The molecule has 172 valence electrons. The lowest BCUT2D eigenvalue weighted by Crippen LogP contribution is -2.31. The molecule has 0 radical (unpaired) electrons. The molecule has 5 nitrogen and oxygen atoms in total. The van der Waals surface area contributed by atoms with E-state index >= 15 is 0 Å². The van der Waals surface area contributed by atoms with Crippen molar-refractivity contribution in [3.8, 4) is 6.07 Å². The van der Waals surface area contributed by atoms with Gasteiger partial charge in [-0.1, -0.05) is 43.7 Å². The molecule has 4 aromatic rings. The summed E-state index contributed by atoms with van der Waals surface area (Å²) < 4.78 is 13.0. The van der Waals surface area contributed by atoms with Crippen molar-refractivity contribution in [2.45, 2.75) is 42.0 Å². The first-order valence-electron chi connectivity index (χ1n) is 11.5. The summed E-state index contributed by atoms with van der Waals surface area (Å²) in [6.07, 6.45) is 6.50. The van der Waals surface area contributed by atoms with Gasteiger partial charge in [0, 0.05) is 22.0 Å². The fraction of sp³-hybridized carbons (Fsp3) is 0.214. The molecule has 0 bridgehead atoms. The van der Waals surface area contributed by atoms with Crippen LogP contribution in [0.3, 0.4) is 0 Å². The SMILES string of the molecule is CCCCN(c1ccc(S(=O)c2ccccc2)cc1)C(Cc1ccc(C#N)cc1)c1cnc[nH]1. The molecule has 0 saturated heterocycles. The summed E-state index contributed by atoms with van der Waals surface area (Å²) in [5.74, 6) is 0. The Labute approximate surface area is 203 Å². The van der Waals surface area contributed by atoms with Gasteiger partial charge in [0.15, 0.2) is 0 Å². The summed E-state index contributed by atoms with van der Waals surface area (Å²) in [4.78, 5) is 11.6. The second kappa shape index (κ2) is 11.4. The first-order valence-corrected chi connectivity index (χ1v) is 12.7. The van der Waals surface area contributed by atoms with Gasteiger partial charge >= 0.3 is 0 Å². The average molecular weight is 469 g/mol. The van der Waals surface area contributed by atoms with E-state index in [4.69, 9.17) is 5.26 Å². The zero-order chi connectivity index (χ0) is 23.8. The van der Waals surface area contributed by atoms with E-state index in [1.807, 2.05) is 72.9 Å². The maximum absolute atomic E-state index is 13.0. The van der Waals surface area contributed by atoms with Crippen LogP contribution in [0.15, 0.2) is 101 Å². The van der Waals surface area contributed by atoms with E-state index in [0.29, 0.717) is 5.56 Å². The molecule has 2 atom stereocenters. The molecule has 1 N–H and O–H groups in total. The molecule has 0 spiro atoms. The molecule has 4 rings (SSSR count). The lowest BCUT2D eigenvalue weighted by molar-refractivity contribution is 0.584. The Morgan fingerprint density at radius 2 is 1.71 bits per heavy atom. The predicted molar refractivity (Wildman–Crippen MR) is 136 cm³/mol. The Hall–Kier alpha value is -3.69. The smallest absolute Gasteiger partial charge is 0.0991 e. The van der Waals surface area contributed by atoms with Gasteiger partial charge < -0.3 is 9.88 Å². The maximum Gasteiger partial charge on any atom is 0.0991 e. The molecule has 0 saturated carbocycles. The first kappa shape index (κ1) is 23.5. The Morgan fingerprint density at radius 3 is 2.32 bits per heavy atom. The number of nitrogens with one attached hydrogen (secondary N) is 1. The average Bonchev–Trinajstić information content (AvgIpc) is 3.44. The second-order valence-electron chi connectivity index (χ2n) is 8.16. The number of hydrogen-bond acceptors (Lipinski definition) is 4. The number of rotatable bonds is 10. The topological polar surface area (TPSA) is 72.8 Å². The Morgan fingerprint density at radius 1 is 1.00 bits per heavy atom. The third kappa shape index (κ3) is 5.62. The van der Waals surface area contributed by atoms with E-state index in [1.54, 1.807) is 6.33 Å². The van der Waals surface area contributed by atoms with E-state index in [1.165, 1.54) is 0 Å². The summed E-state index contributed by atoms with van der Waals surface area (Å²) in [6.45, 7) is 3.08. The number of H-pyrrole nitrogens is 1. The number of anilines is 1. The van der Waals surface area contributed by atoms with Crippen LogP contribution in [-0.4, -0.2) is 20.7 Å². The molecule has 34 heavy (non-hydrogen) atoms. The highest BCUT2D eigenvalue weighted by atomic mass is 32.2. The van der Waals surface area contributed by atoms with Gasteiger partial charge in [-0.3, -0.25) is 0 Å². The minimum absolute atomic E-state index is 0.0486. The van der Waals surface area contributed by atoms with Crippen LogP contribution in [0, 0.1) is 11.3 Å². The van der Waals surface area contributed by atoms with Crippen LogP contribution in [0.5, 0.6) is 0 Å². The van der Waals surface area contributed by atoms with Gasteiger partial charge in [-0.2, -0.15) is 5.26 Å². The standard InChI is InChI=1S/C28H28N4OS/c1-2-3-17-32(24-13-15-26(16-14-24)34(33)25-7-5-4-6-8-25)28(27-20-30-21-31-27)18-22-9-11-23(19-29)12-10-22/h4-16,20-21,28H,2-3,17-18H2,1H3,(H,30,31). The zero-order valence-electron chi connectivity index (χ0n) is 19.2. The minimum Gasteiger partial charge on any atom is -0.363 e. The third-order valence-corrected chi connectivity index (χ3v) is 7.26. The summed E-state index contributed by atoms with van der Waals surface area (Å²) in [5.41, 5.74) is 3.93. The van der Waals surface area contributed by atoms with Gasteiger partial charge in [0.25, 0.3) is 0 Å². The molecule has 0 amide bonds. The quantitative estimate of drug-likeness (QED) is 0.308. The predicted octanol–water partition coefficient (Wildman–Crippen LogP) is 6.04. The van der Waals surface area contributed by atoms with Crippen LogP contribution >= 0.6 is 0 Å². The summed E-state index contributed by atoms with van der Waals surface area (Å²) >= 11 is 0. The van der Waals surface area contributed by atoms with Crippen molar-refractivity contribution in [3.63, 3.8) is 0 Å². The molecule has 0 fully saturated rings. The summed E-state index contributed by atoms with van der Waals surface area (Å²) in [6, 6.07) is 27.6. The number of aromatic nitrogens is 2. The van der Waals surface area contributed by atoms with Gasteiger partial charge in [0.05, 0.1) is 46.7 Å². The molecule has 0 aliphatic carbocycles. The number of benzene rings is 3. The minimum atomic E-state index is -1.21. The number of unbranched alkanes of at least 4 members (excludes halogenated alkanes) is 1. The molecular weight excluding hydrogens is 440 g/mol. The van der Waals surface area contributed by atoms with Gasteiger partial charge in [0.1, 0.15) is 0 Å². The van der Waals surface area contributed by atoms with Crippen molar-refractivity contribution in [2.75, 3.05) is 11.4 Å². The largest absolute Gasteiger partial charge is 0.363 e. The Kier molecular flexibility index (Phi) is 7.90. The number of imidazole rings is 1. The molecule has 3 aromatic carbocycles. The van der Waals surface area contributed by atoms with Crippen LogP contribution in [0.4, 0.5) is 5.69 Å². The summed E-state index contributed by atoms with van der Waals surface area (Å²) in [7, 11) is -1.21. The fourth-order valence-corrected chi connectivity index (χ4v) is 5.07. The molecule has 0 aliphatic rings. The second-order valence-corrected chi connectivity index (χ2v) is 9.64. The van der Waals surface area contributed by atoms with E-state index < -0.39 is 10.8 Å². The van der Waals surface area contributed by atoms with E-state index in [-0.39, 0.29) is 6.04 Å². The van der Waals surface area contributed by atoms with Crippen molar-refractivity contribution >= 4 is 16.5 Å². The highest BCUT2D eigenvalue weighted by molar-refractivity contribution is 7.85. The normalized spacial score (nSPS) is 12.6. The lowest BCUT2D eigenvalue weighted by atomic mass is 10.00. The highest BCUT2D eigenvalue weighted by Crippen LogP contribution is 2.31. The monoisotopic (exact) mass is 468 g/mol. The van der Waals surface area contributed by atoms with Crippen LogP contribution in [0.1, 0.15) is 42.6 Å². The van der Waals surface area contributed by atoms with Crippen molar-refractivity contribution < 1.29 is 4.21 Å². The van der Waals surface area contributed by atoms with E-state index in [2.05, 4.69) is 40.0 Å². The first-order chi connectivity index (χ1) is 16.7. The van der Waals surface area contributed by atoms with Gasteiger partial charge in [-0.15, -0.1) is 0 Å². The van der Waals surface area contributed by atoms with Gasteiger partial charge in [-0.25, -0.2) is 9.19 Å². The molecule has 1 heterocycles. The molecule has 0 aliphatic heterocycles. The van der Waals surface area contributed by atoms with Gasteiger partial charge in [-0.05, 0) is 66.9 Å². The number of nitrogens with zero attached hydrogens (tertiary/aromatic N) is 3. The molecule has 1 aromatic heterocycles. The van der Waals surface area contributed by atoms with Crippen molar-refractivity contribution in [1.29, 1.82) is 5.26 Å². The fourth-order valence-electron chi connectivity index (χ4n) is 4.01. The van der Waals surface area contributed by atoms with E-state index in [0.717, 1.165) is 52.5 Å². The van der Waals surface area contributed by atoms with Crippen LogP contribution in [0.25, 0.3) is 0 Å². The number of nitriles is 1. The Bertz CT molecular complexity index is 1230. The molecule has 2 unspecified atom stereocenters. The number of hydrogen-bond donors (Lipinski definition) is 1. The van der Waals surface area contributed by atoms with Crippen molar-refractivity contribution in [3.05, 3.63) is 108 Å². The summed E-state index contributed by atoms with van der Waals surface area (Å²) in [5, 5.41) is 9.14. The van der Waals surface area contributed by atoms with Crippen LogP contribution in [0.2, 0.25) is 0 Å². The third-order valence-electron chi connectivity index (χ3n) is 5.86. The zero-order valence-corrected chi connectivity index (χ0v) is 20.0. The van der Waals surface area contributed by atoms with Crippen molar-refractivity contribution in [2.24, 2.45) is 0 Å². The van der Waals surface area contributed by atoms with Crippen LogP contribution in [-0.2, 0) is 17.2 Å². The Balaban J connectivity index is 1.64. The van der Waals surface area contributed by atoms with Crippen LogP contribution < -0.4 is 4.90 Å². The van der Waals surface area contributed by atoms with Crippen molar-refractivity contribution in [1.82, 2.24) is 9.97 Å². The van der Waals surface area contributed by atoms with E-state index in [9.17, 15) is 4.21 Å². The maximum atomic E-state index is 13.0. The lowest BCUT2D eigenvalue weighted by Gasteiger charge is -2.33. The van der Waals surface area contributed by atoms with Gasteiger partial charge in [0.2, 0.25) is 0 Å². The number of aromatic amines is 1. The molecular formula is C28H28N4OS. The molecule has 6 heteroatoms.